The Morgan fingerprint density at radius 2 is 1.00 bits per heavy atom. The first kappa shape index (κ1) is 21.7. The molecule has 0 saturated heterocycles. The molecule has 0 spiro atoms. The number of aliphatic carboxylic acids is 2. The molecular formula is C24H20NO7. The standard InChI is InChI=1S/C24H20NO7/c26-21(27)15-31-23(17-9-3-1-4-10-17)19-13-7-8-14-20(19)24(25(23)30,32-16-22(28)29)18-11-5-2-6-12-18/h1-14H,15-16H2,(H,26,27)(H,28,29). The highest BCUT2D eigenvalue weighted by Gasteiger charge is 2.63. The van der Waals surface area contributed by atoms with Gasteiger partial charge in [0, 0.05) is 22.3 Å². The quantitative estimate of drug-likeness (QED) is 0.560. The molecule has 0 aromatic heterocycles. The molecule has 1 radical (unpaired) electrons. The first-order chi connectivity index (χ1) is 15.4. The molecule has 0 aliphatic carbocycles. The number of carboxylic acid groups (broad SMARTS) is 2. The zero-order chi connectivity index (χ0) is 22.8. The van der Waals surface area contributed by atoms with E-state index in [0.717, 1.165) is 0 Å². The topological polar surface area (TPSA) is 116 Å². The minimum atomic E-state index is -1.88. The van der Waals surface area contributed by atoms with Crippen LogP contribution < -0.4 is 0 Å². The van der Waals surface area contributed by atoms with Gasteiger partial charge in [0.15, 0.2) is 0 Å². The number of benzene rings is 3. The highest BCUT2D eigenvalue weighted by atomic mass is 16.7. The van der Waals surface area contributed by atoms with Crippen molar-refractivity contribution < 1.29 is 34.5 Å². The molecule has 0 amide bonds. The molecule has 1 aliphatic heterocycles. The van der Waals surface area contributed by atoms with Gasteiger partial charge in [-0.3, -0.25) is 0 Å². The Hall–Kier alpha value is -3.56. The summed E-state index contributed by atoms with van der Waals surface area (Å²) in [6.45, 7) is -1.52. The summed E-state index contributed by atoms with van der Waals surface area (Å²) in [4.78, 5) is 22.9. The van der Waals surface area contributed by atoms with E-state index in [2.05, 4.69) is 0 Å². The zero-order valence-corrected chi connectivity index (χ0v) is 16.9. The minimum absolute atomic E-state index is 0.372. The van der Waals surface area contributed by atoms with Gasteiger partial charge in [0.05, 0.1) is 0 Å². The first-order valence-electron chi connectivity index (χ1n) is 9.83. The average Bonchev–Trinajstić information content (AvgIpc) is 3.03. The van der Waals surface area contributed by atoms with Crippen LogP contribution in [0, 0.1) is 0 Å². The number of rotatable bonds is 8. The van der Waals surface area contributed by atoms with E-state index in [1.165, 1.54) is 0 Å². The summed E-state index contributed by atoms with van der Waals surface area (Å²) in [5.74, 6) is -2.51. The first-order valence-corrected chi connectivity index (χ1v) is 9.83. The van der Waals surface area contributed by atoms with Crippen molar-refractivity contribution in [1.29, 1.82) is 0 Å². The third kappa shape index (κ3) is 3.35. The van der Waals surface area contributed by atoms with Crippen LogP contribution in [-0.2, 0) is 35.7 Å². The van der Waals surface area contributed by atoms with Gasteiger partial charge in [-0.05, 0) is 0 Å². The maximum atomic E-state index is 14.3. The van der Waals surface area contributed by atoms with Crippen molar-refractivity contribution in [2.75, 3.05) is 13.2 Å². The lowest BCUT2D eigenvalue weighted by molar-refractivity contribution is -0.381. The van der Waals surface area contributed by atoms with Crippen LogP contribution >= 0.6 is 0 Å². The Bertz CT molecular complexity index is 1030. The van der Waals surface area contributed by atoms with E-state index >= 15 is 0 Å². The molecule has 1 aliphatic rings. The lowest BCUT2D eigenvalue weighted by Gasteiger charge is -2.40. The predicted molar refractivity (Wildman–Crippen MR) is 111 cm³/mol. The van der Waals surface area contributed by atoms with Gasteiger partial charge in [-0.1, -0.05) is 90.0 Å². The van der Waals surface area contributed by atoms with Crippen molar-refractivity contribution in [2.24, 2.45) is 0 Å². The Morgan fingerprint density at radius 1 is 0.656 bits per heavy atom. The number of nitrogens with zero attached hydrogens (tertiary/aromatic N) is 1. The summed E-state index contributed by atoms with van der Waals surface area (Å²) in [5, 5.41) is 33.5. The lowest BCUT2D eigenvalue weighted by atomic mass is 9.91. The molecule has 163 valence electrons. The van der Waals surface area contributed by atoms with Crippen molar-refractivity contribution in [3.05, 3.63) is 107 Å². The van der Waals surface area contributed by atoms with Gasteiger partial charge in [0.1, 0.15) is 13.2 Å². The fourth-order valence-electron chi connectivity index (χ4n) is 4.16. The van der Waals surface area contributed by atoms with Crippen LogP contribution in [-0.4, -0.2) is 40.4 Å². The van der Waals surface area contributed by atoms with Gasteiger partial charge in [0.25, 0.3) is 0 Å². The van der Waals surface area contributed by atoms with Crippen LogP contribution in [0.15, 0.2) is 84.9 Å². The molecule has 8 nitrogen and oxygen atoms in total. The van der Waals surface area contributed by atoms with E-state index in [9.17, 15) is 25.0 Å². The van der Waals surface area contributed by atoms with E-state index in [1.54, 1.807) is 84.9 Å². The van der Waals surface area contributed by atoms with Gasteiger partial charge >= 0.3 is 11.9 Å². The molecule has 0 saturated carbocycles. The minimum Gasteiger partial charge on any atom is -0.480 e. The molecule has 1 heterocycles. The maximum absolute atomic E-state index is 14.3. The van der Waals surface area contributed by atoms with Crippen LogP contribution in [0.2, 0.25) is 0 Å². The zero-order valence-electron chi connectivity index (χ0n) is 16.9. The van der Waals surface area contributed by atoms with E-state index in [4.69, 9.17) is 9.47 Å². The monoisotopic (exact) mass is 434 g/mol. The van der Waals surface area contributed by atoms with Crippen molar-refractivity contribution in [1.82, 2.24) is 5.06 Å². The number of carboxylic acids is 2. The van der Waals surface area contributed by atoms with Crippen molar-refractivity contribution in [2.45, 2.75) is 11.4 Å². The highest BCUT2D eigenvalue weighted by Crippen LogP contribution is 2.56. The molecule has 0 fully saturated rings. The second-order valence-corrected chi connectivity index (χ2v) is 7.22. The molecule has 3 aromatic rings. The van der Waals surface area contributed by atoms with Gasteiger partial charge in [-0.25, -0.2) is 9.59 Å². The molecule has 32 heavy (non-hydrogen) atoms. The second kappa shape index (κ2) is 8.52. The van der Waals surface area contributed by atoms with Gasteiger partial charge in [-0.15, -0.1) is 5.21 Å². The average molecular weight is 434 g/mol. The van der Waals surface area contributed by atoms with Crippen LogP contribution in [0.1, 0.15) is 22.3 Å². The molecule has 8 heteroatoms. The molecule has 2 unspecified atom stereocenters. The third-order valence-electron chi connectivity index (χ3n) is 5.37. The van der Waals surface area contributed by atoms with Crippen LogP contribution in [0.25, 0.3) is 0 Å². The normalized spacial score (nSPS) is 22.4. The second-order valence-electron chi connectivity index (χ2n) is 7.22. The lowest BCUT2D eigenvalue weighted by Crippen LogP contribution is -2.53. The Balaban J connectivity index is 2.03. The number of hydroxylamine groups is 2. The van der Waals surface area contributed by atoms with Gasteiger partial charge < -0.3 is 19.7 Å². The summed E-state index contributed by atoms with van der Waals surface area (Å²) in [7, 11) is 0. The van der Waals surface area contributed by atoms with E-state index in [-0.39, 0.29) is 0 Å². The molecule has 2 atom stereocenters. The molecular weight excluding hydrogens is 414 g/mol. The Morgan fingerprint density at radius 3 is 1.34 bits per heavy atom. The highest BCUT2D eigenvalue weighted by molar-refractivity contribution is 5.69. The molecule has 4 rings (SSSR count). The van der Waals surface area contributed by atoms with Gasteiger partial charge in [-0.2, -0.15) is 0 Å². The third-order valence-corrected chi connectivity index (χ3v) is 5.37. The predicted octanol–water partition coefficient (Wildman–Crippen LogP) is 2.95. The molecule has 0 bridgehead atoms. The van der Waals surface area contributed by atoms with Crippen molar-refractivity contribution >= 4 is 11.9 Å². The number of ether oxygens (including phenoxy) is 2. The Kier molecular flexibility index (Phi) is 5.77. The summed E-state index contributed by atoms with van der Waals surface area (Å²) >= 11 is 0. The summed E-state index contributed by atoms with van der Waals surface area (Å²) in [5.41, 5.74) is -2.25. The maximum Gasteiger partial charge on any atom is 0.329 e. The van der Waals surface area contributed by atoms with Crippen LogP contribution in [0.3, 0.4) is 0 Å². The molecule has 2 N–H and O–H groups in total. The number of hydrogen-bond donors (Lipinski definition) is 2. The SMILES string of the molecule is [O]N1C(OCC(=O)O)(c2ccccc2)c2ccccc2C1(OCC(=O)O)c1ccccc1. The Labute approximate surface area is 183 Å². The van der Waals surface area contributed by atoms with Crippen molar-refractivity contribution in [3.8, 4) is 0 Å². The number of hydrogen-bond acceptors (Lipinski definition) is 5. The molecule has 3 aromatic carbocycles. The summed E-state index contributed by atoms with van der Waals surface area (Å²) < 4.78 is 11.7. The largest absolute Gasteiger partial charge is 0.480 e. The number of carbonyl (C=O) groups is 2. The van der Waals surface area contributed by atoms with Gasteiger partial charge in [0.2, 0.25) is 11.4 Å². The summed E-state index contributed by atoms with van der Waals surface area (Å²) in [6, 6.07) is 23.7. The van der Waals surface area contributed by atoms with E-state index < -0.39 is 36.6 Å². The van der Waals surface area contributed by atoms with Crippen LogP contribution in [0.5, 0.6) is 0 Å². The fourth-order valence-corrected chi connectivity index (χ4v) is 4.16. The van der Waals surface area contributed by atoms with Crippen LogP contribution in [0.4, 0.5) is 0 Å². The van der Waals surface area contributed by atoms with Crippen molar-refractivity contribution in [3.63, 3.8) is 0 Å². The fraction of sp³-hybridized carbons (Fsp3) is 0.167. The van der Waals surface area contributed by atoms with E-state index in [1.807, 2.05) is 0 Å². The summed E-state index contributed by atoms with van der Waals surface area (Å²) in [6.07, 6.45) is 0. The smallest absolute Gasteiger partial charge is 0.329 e. The number of fused-ring (bicyclic) bond motifs is 1. The van der Waals surface area contributed by atoms with E-state index in [0.29, 0.717) is 27.3 Å².